The van der Waals surface area contributed by atoms with Crippen molar-refractivity contribution >= 4 is 11.8 Å². The third-order valence-electron chi connectivity index (χ3n) is 2.90. The van der Waals surface area contributed by atoms with E-state index in [-0.39, 0.29) is 11.8 Å². The molecule has 0 fully saturated rings. The van der Waals surface area contributed by atoms with Crippen LogP contribution < -0.4 is 11.1 Å². The summed E-state index contributed by atoms with van der Waals surface area (Å²) in [5, 5.41) is 2.61. The zero-order chi connectivity index (χ0) is 14.6. The lowest BCUT2D eigenvalue weighted by Gasteiger charge is -2.17. The Morgan fingerprint density at radius 1 is 1.58 bits per heavy atom. The number of hydrogen-bond donors (Lipinski definition) is 2. The van der Waals surface area contributed by atoms with Gasteiger partial charge >= 0.3 is 0 Å². The van der Waals surface area contributed by atoms with E-state index in [0.29, 0.717) is 35.5 Å². The molecular weight excluding hydrogens is 242 g/mol. The van der Waals surface area contributed by atoms with Crippen molar-refractivity contribution in [3.8, 4) is 0 Å². The minimum atomic E-state index is -0.184. The fraction of sp³-hybridized carbons (Fsp3) is 0.286. The smallest absolute Gasteiger partial charge is 0.258 e. The zero-order valence-electron chi connectivity index (χ0n) is 11.3. The first kappa shape index (κ1) is 14.8. The molecule has 1 aliphatic rings. The molecule has 1 heterocycles. The average molecular weight is 261 g/mol. The van der Waals surface area contributed by atoms with Crippen LogP contribution >= 0.6 is 0 Å². The number of hydrogen-bond acceptors (Lipinski definition) is 3. The second kappa shape index (κ2) is 6.04. The molecule has 1 rings (SSSR count). The van der Waals surface area contributed by atoms with E-state index < -0.39 is 0 Å². The van der Waals surface area contributed by atoms with Gasteiger partial charge in [-0.15, -0.1) is 0 Å². The van der Waals surface area contributed by atoms with E-state index in [2.05, 4.69) is 18.5 Å². The Kier molecular flexibility index (Phi) is 4.69. The van der Waals surface area contributed by atoms with Gasteiger partial charge in [-0.05, 0) is 6.92 Å². The quantitative estimate of drug-likeness (QED) is 0.780. The molecule has 0 bridgehead atoms. The molecule has 0 unspecified atom stereocenters. The van der Waals surface area contributed by atoms with Gasteiger partial charge in [0.25, 0.3) is 5.91 Å². The molecule has 0 aromatic rings. The number of carbonyl (C=O) groups is 2. The molecule has 5 nitrogen and oxygen atoms in total. The minimum Gasteiger partial charge on any atom is -0.399 e. The average Bonchev–Trinajstić information content (AvgIpc) is 2.72. The van der Waals surface area contributed by atoms with Crippen LogP contribution in [-0.4, -0.2) is 23.3 Å². The van der Waals surface area contributed by atoms with E-state index in [1.165, 1.54) is 17.2 Å². The van der Waals surface area contributed by atoms with Crippen LogP contribution in [0.2, 0.25) is 0 Å². The number of allylic oxidation sites excluding steroid dienone is 1. The largest absolute Gasteiger partial charge is 0.399 e. The molecule has 0 saturated heterocycles. The Balaban J connectivity index is 2.90. The third kappa shape index (κ3) is 3.13. The molecule has 0 saturated carbocycles. The highest BCUT2D eigenvalue weighted by Gasteiger charge is 2.29. The number of carbonyl (C=O) groups excluding carboxylic acids is 2. The van der Waals surface area contributed by atoms with E-state index in [1.54, 1.807) is 13.8 Å². The second-order valence-corrected chi connectivity index (χ2v) is 4.22. The predicted molar refractivity (Wildman–Crippen MR) is 74.5 cm³/mol. The van der Waals surface area contributed by atoms with Gasteiger partial charge in [0.2, 0.25) is 5.91 Å². The van der Waals surface area contributed by atoms with Crippen molar-refractivity contribution in [3.05, 3.63) is 48.0 Å². The van der Waals surface area contributed by atoms with Crippen molar-refractivity contribution in [1.29, 1.82) is 0 Å². The van der Waals surface area contributed by atoms with Crippen molar-refractivity contribution in [2.24, 2.45) is 5.73 Å². The number of amides is 2. The summed E-state index contributed by atoms with van der Waals surface area (Å²) in [6.07, 6.45) is 3.39. The highest BCUT2D eigenvalue weighted by atomic mass is 16.2. The lowest BCUT2D eigenvalue weighted by atomic mass is 10.1. The summed E-state index contributed by atoms with van der Waals surface area (Å²) in [7, 11) is 0. The van der Waals surface area contributed by atoms with Gasteiger partial charge in [-0.25, -0.2) is 0 Å². The Morgan fingerprint density at radius 2 is 2.21 bits per heavy atom. The topological polar surface area (TPSA) is 75.4 Å². The number of nitrogens with one attached hydrogen (secondary N) is 1. The third-order valence-corrected chi connectivity index (χ3v) is 2.90. The van der Waals surface area contributed by atoms with Crippen molar-refractivity contribution in [3.63, 3.8) is 0 Å². The molecule has 2 amide bonds. The normalized spacial score (nSPS) is 15.8. The van der Waals surface area contributed by atoms with E-state index in [1.807, 2.05) is 0 Å². The summed E-state index contributed by atoms with van der Waals surface area (Å²) in [5.41, 5.74) is 7.80. The lowest BCUT2D eigenvalue weighted by Crippen LogP contribution is -2.27. The summed E-state index contributed by atoms with van der Waals surface area (Å²) in [4.78, 5) is 24.9. The van der Waals surface area contributed by atoms with Crippen LogP contribution in [0.4, 0.5) is 0 Å². The summed E-state index contributed by atoms with van der Waals surface area (Å²) >= 11 is 0. The van der Waals surface area contributed by atoms with E-state index in [9.17, 15) is 9.59 Å². The maximum absolute atomic E-state index is 12.2. The standard InChI is InChI=1S/C14H19N3O2/c1-5-11-12(10(4)15)8-17(14(11)19)9(3)7-16-13(18)6-2/h5,7H,1,4,6,8,15H2,2-3H3,(H,16,18)/b9-7+. The predicted octanol–water partition coefficient (Wildman–Crippen LogP) is 1.17. The summed E-state index contributed by atoms with van der Waals surface area (Å²) in [5.74, 6) is -0.289. The molecule has 19 heavy (non-hydrogen) atoms. The van der Waals surface area contributed by atoms with Crippen molar-refractivity contribution in [2.45, 2.75) is 20.3 Å². The molecule has 1 aliphatic heterocycles. The first-order valence-electron chi connectivity index (χ1n) is 6.00. The van der Waals surface area contributed by atoms with Crippen LogP contribution in [0.3, 0.4) is 0 Å². The first-order valence-corrected chi connectivity index (χ1v) is 6.00. The molecule has 0 aromatic heterocycles. The van der Waals surface area contributed by atoms with Gasteiger partial charge in [0.15, 0.2) is 0 Å². The van der Waals surface area contributed by atoms with Crippen molar-refractivity contribution in [1.82, 2.24) is 10.2 Å². The maximum atomic E-state index is 12.2. The van der Waals surface area contributed by atoms with E-state index in [0.717, 1.165) is 0 Å². The van der Waals surface area contributed by atoms with Gasteiger partial charge in [-0.1, -0.05) is 26.2 Å². The van der Waals surface area contributed by atoms with Gasteiger partial charge < -0.3 is 16.0 Å². The zero-order valence-corrected chi connectivity index (χ0v) is 11.3. The molecule has 102 valence electrons. The second-order valence-electron chi connectivity index (χ2n) is 4.22. The highest BCUT2D eigenvalue weighted by molar-refractivity contribution is 6.01. The van der Waals surface area contributed by atoms with Crippen molar-refractivity contribution < 1.29 is 9.59 Å². The molecular formula is C14H19N3O2. The van der Waals surface area contributed by atoms with E-state index >= 15 is 0 Å². The number of nitrogens with zero attached hydrogens (tertiary/aromatic N) is 1. The van der Waals surface area contributed by atoms with Crippen molar-refractivity contribution in [2.75, 3.05) is 6.54 Å². The fourth-order valence-corrected chi connectivity index (χ4v) is 1.72. The maximum Gasteiger partial charge on any atom is 0.258 e. The molecule has 0 aliphatic carbocycles. The van der Waals surface area contributed by atoms with Crippen LogP contribution in [0.25, 0.3) is 0 Å². The fourth-order valence-electron chi connectivity index (χ4n) is 1.72. The monoisotopic (exact) mass is 261 g/mol. The van der Waals surface area contributed by atoms with Gasteiger partial charge in [-0.2, -0.15) is 0 Å². The molecule has 0 atom stereocenters. The molecule has 0 spiro atoms. The van der Waals surface area contributed by atoms with Crippen LogP contribution in [-0.2, 0) is 9.59 Å². The van der Waals surface area contributed by atoms with Crippen LogP contribution in [0, 0.1) is 0 Å². The lowest BCUT2D eigenvalue weighted by molar-refractivity contribution is -0.124. The molecule has 3 N–H and O–H groups in total. The Morgan fingerprint density at radius 3 is 2.63 bits per heavy atom. The summed E-state index contributed by atoms with van der Waals surface area (Å²) in [6, 6.07) is 0. The molecule has 5 heteroatoms. The summed E-state index contributed by atoms with van der Waals surface area (Å²) < 4.78 is 0. The minimum absolute atomic E-state index is 0.105. The SMILES string of the molecule is C=CC1=C(C(=C)N)CN(/C(C)=C/NC(=O)CC)C1=O. The number of rotatable bonds is 5. The van der Waals surface area contributed by atoms with Crippen LogP contribution in [0.5, 0.6) is 0 Å². The van der Waals surface area contributed by atoms with Crippen LogP contribution in [0.15, 0.2) is 48.0 Å². The Hall–Kier alpha value is -2.30. The van der Waals surface area contributed by atoms with Crippen LogP contribution in [0.1, 0.15) is 20.3 Å². The Bertz CT molecular complexity index is 501. The van der Waals surface area contributed by atoms with Gasteiger partial charge in [0, 0.05) is 35.2 Å². The van der Waals surface area contributed by atoms with Gasteiger partial charge in [0.1, 0.15) is 0 Å². The van der Waals surface area contributed by atoms with Gasteiger partial charge in [-0.3, -0.25) is 9.59 Å². The summed E-state index contributed by atoms with van der Waals surface area (Å²) in [6.45, 7) is 11.1. The number of nitrogens with two attached hydrogens (primary N) is 1. The molecule has 0 radical (unpaired) electrons. The molecule has 0 aromatic carbocycles. The van der Waals surface area contributed by atoms with E-state index in [4.69, 9.17) is 5.73 Å². The van der Waals surface area contributed by atoms with Gasteiger partial charge in [0.05, 0.1) is 6.54 Å². The highest BCUT2D eigenvalue weighted by Crippen LogP contribution is 2.25. The Labute approximate surface area is 113 Å². The first-order chi connectivity index (χ1) is 8.92.